The van der Waals surface area contributed by atoms with E-state index in [2.05, 4.69) is 20.0 Å². The molecule has 6 nitrogen and oxygen atoms in total. The molecule has 0 fully saturated rings. The molecule has 168 valence electrons. The van der Waals surface area contributed by atoms with Gasteiger partial charge in [-0.05, 0) is 37.1 Å². The van der Waals surface area contributed by atoms with Gasteiger partial charge in [-0.2, -0.15) is 8.78 Å². The number of halogens is 3. The van der Waals surface area contributed by atoms with E-state index in [-0.39, 0.29) is 35.1 Å². The number of aromatic nitrogens is 2. The van der Waals surface area contributed by atoms with Crippen LogP contribution in [0.2, 0.25) is 5.02 Å². The first-order valence-corrected chi connectivity index (χ1v) is 11.0. The number of ether oxygens (including phenoxy) is 1. The number of H-pyrrole nitrogens is 1. The lowest BCUT2D eigenvalue weighted by molar-refractivity contribution is -0.116. The van der Waals surface area contributed by atoms with Crippen molar-refractivity contribution in [1.82, 2.24) is 9.97 Å². The van der Waals surface area contributed by atoms with E-state index in [0.29, 0.717) is 27.9 Å². The predicted molar refractivity (Wildman–Crippen MR) is 121 cm³/mol. The fraction of sp³-hybridized carbons (Fsp3) is 0.227. The highest BCUT2D eigenvalue weighted by atomic mass is 35.5. The van der Waals surface area contributed by atoms with E-state index < -0.39 is 6.61 Å². The fourth-order valence-corrected chi connectivity index (χ4v) is 3.99. The average molecular weight is 480 g/mol. The monoisotopic (exact) mass is 479 g/mol. The Kier molecular flexibility index (Phi) is 8.24. The van der Waals surface area contributed by atoms with Crippen molar-refractivity contribution in [3.63, 3.8) is 0 Å². The molecule has 0 saturated carbocycles. The molecule has 32 heavy (non-hydrogen) atoms. The van der Waals surface area contributed by atoms with Gasteiger partial charge in [-0.3, -0.25) is 9.59 Å². The second-order valence-corrected chi connectivity index (χ2v) is 8.15. The lowest BCUT2D eigenvalue weighted by atomic mass is 10.1. The van der Waals surface area contributed by atoms with Crippen molar-refractivity contribution in [2.75, 3.05) is 5.32 Å². The summed E-state index contributed by atoms with van der Waals surface area (Å²) in [5.74, 6) is 0.136. The fourth-order valence-electron chi connectivity index (χ4n) is 2.91. The number of aryl methyl sites for hydroxylation is 1. The second-order valence-electron chi connectivity index (χ2n) is 6.78. The number of anilines is 1. The minimum absolute atomic E-state index is 0.0367. The number of amides is 1. The molecule has 0 atom stereocenters. The van der Waals surface area contributed by atoms with E-state index >= 15 is 0 Å². The van der Waals surface area contributed by atoms with Crippen LogP contribution in [0.25, 0.3) is 0 Å². The zero-order valence-electron chi connectivity index (χ0n) is 17.0. The van der Waals surface area contributed by atoms with Crippen molar-refractivity contribution in [1.29, 1.82) is 0 Å². The van der Waals surface area contributed by atoms with Gasteiger partial charge in [0.05, 0.1) is 5.02 Å². The van der Waals surface area contributed by atoms with Crippen LogP contribution < -0.4 is 15.6 Å². The van der Waals surface area contributed by atoms with Gasteiger partial charge < -0.3 is 15.0 Å². The average Bonchev–Trinajstić information content (AvgIpc) is 2.74. The molecule has 3 aromatic rings. The van der Waals surface area contributed by atoms with Crippen LogP contribution in [0, 0.1) is 6.92 Å². The molecule has 1 aromatic heterocycles. The number of hydrogen-bond donors (Lipinski definition) is 2. The Morgan fingerprint density at radius 3 is 2.66 bits per heavy atom. The van der Waals surface area contributed by atoms with Crippen LogP contribution in [0.5, 0.6) is 5.75 Å². The number of nitrogens with one attached hydrogen (secondary N) is 2. The first-order chi connectivity index (χ1) is 15.3. The Morgan fingerprint density at radius 1 is 1.25 bits per heavy atom. The summed E-state index contributed by atoms with van der Waals surface area (Å²) in [6, 6.07) is 13.8. The van der Waals surface area contributed by atoms with E-state index in [0.717, 1.165) is 5.56 Å². The summed E-state index contributed by atoms with van der Waals surface area (Å²) in [5, 5.41) is 3.09. The van der Waals surface area contributed by atoms with Gasteiger partial charge in [0, 0.05) is 29.1 Å². The van der Waals surface area contributed by atoms with E-state index in [1.165, 1.54) is 30.0 Å². The summed E-state index contributed by atoms with van der Waals surface area (Å²) < 4.78 is 28.9. The zero-order valence-corrected chi connectivity index (χ0v) is 18.6. The van der Waals surface area contributed by atoms with E-state index in [9.17, 15) is 18.4 Å². The van der Waals surface area contributed by atoms with Crippen molar-refractivity contribution >= 4 is 35.0 Å². The number of aromatic amines is 1. The molecule has 0 aliphatic heterocycles. The molecule has 0 radical (unpaired) electrons. The lowest BCUT2D eigenvalue weighted by Gasteiger charge is -2.10. The van der Waals surface area contributed by atoms with Crippen LogP contribution in [0.3, 0.4) is 0 Å². The highest BCUT2D eigenvalue weighted by molar-refractivity contribution is 7.98. The van der Waals surface area contributed by atoms with Gasteiger partial charge in [0.25, 0.3) is 5.56 Å². The third-order valence-corrected chi connectivity index (χ3v) is 5.69. The van der Waals surface area contributed by atoms with Crippen molar-refractivity contribution in [2.24, 2.45) is 0 Å². The Hall–Kier alpha value is -2.91. The molecule has 0 bridgehead atoms. The molecule has 0 spiro atoms. The highest BCUT2D eigenvalue weighted by Gasteiger charge is 2.13. The Balaban J connectivity index is 1.57. The second kappa shape index (κ2) is 11.1. The number of benzene rings is 2. The molecule has 1 heterocycles. The van der Waals surface area contributed by atoms with Gasteiger partial charge in [-0.15, -0.1) is 0 Å². The van der Waals surface area contributed by atoms with Crippen LogP contribution in [0.1, 0.15) is 23.2 Å². The predicted octanol–water partition coefficient (Wildman–Crippen LogP) is 5.20. The molecular formula is C22H20ClF2N3O3S. The topological polar surface area (TPSA) is 84.1 Å². The number of hydrogen-bond acceptors (Lipinski definition) is 5. The van der Waals surface area contributed by atoms with E-state index in [1.54, 1.807) is 6.92 Å². The molecule has 0 aliphatic rings. The maximum absolute atomic E-state index is 12.5. The van der Waals surface area contributed by atoms with Crippen molar-refractivity contribution in [2.45, 2.75) is 37.3 Å². The van der Waals surface area contributed by atoms with Gasteiger partial charge in [-0.25, -0.2) is 4.98 Å². The van der Waals surface area contributed by atoms with E-state index in [1.807, 2.05) is 30.3 Å². The van der Waals surface area contributed by atoms with Crippen molar-refractivity contribution in [3.8, 4) is 5.75 Å². The standard InChI is InChI=1S/C22H20ClF2N3O3S/c1-13-16(20(30)28-22(26-13)32-12-14-5-3-2-4-6-14)8-10-19(29)27-15-7-9-18(17(23)11-15)31-21(24)25/h2-7,9,11,21H,8,10,12H2,1H3,(H,27,29)(H,26,28,30). The Labute approximate surface area is 192 Å². The molecule has 2 aromatic carbocycles. The molecule has 0 unspecified atom stereocenters. The Morgan fingerprint density at radius 2 is 2.00 bits per heavy atom. The maximum atomic E-state index is 12.5. The summed E-state index contributed by atoms with van der Waals surface area (Å²) >= 11 is 7.31. The zero-order chi connectivity index (χ0) is 23.1. The van der Waals surface area contributed by atoms with Gasteiger partial charge in [0.2, 0.25) is 5.91 Å². The van der Waals surface area contributed by atoms with Crippen LogP contribution in [-0.2, 0) is 17.0 Å². The number of rotatable bonds is 9. The number of alkyl halides is 2. The Bertz CT molecular complexity index is 1140. The smallest absolute Gasteiger partial charge is 0.387 e. The molecule has 0 saturated heterocycles. The molecule has 1 amide bonds. The molecule has 3 rings (SSSR count). The normalized spacial score (nSPS) is 10.9. The van der Waals surface area contributed by atoms with Crippen LogP contribution >= 0.6 is 23.4 Å². The van der Waals surface area contributed by atoms with Crippen LogP contribution in [0.4, 0.5) is 14.5 Å². The minimum atomic E-state index is -2.99. The summed E-state index contributed by atoms with van der Waals surface area (Å²) in [6.07, 6.45) is 0.235. The lowest BCUT2D eigenvalue weighted by Crippen LogP contribution is -2.20. The minimum Gasteiger partial charge on any atom is -0.433 e. The largest absolute Gasteiger partial charge is 0.433 e. The molecule has 10 heteroatoms. The SMILES string of the molecule is Cc1nc(SCc2ccccc2)[nH]c(=O)c1CCC(=O)Nc1ccc(OC(F)F)c(Cl)c1. The van der Waals surface area contributed by atoms with Crippen molar-refractivity contribution < 1.29 is 18.3 Å². The third kappa shape index (κ3) is 6.80. The van der Waals surface area contributed by atoms with Gasteiger partial charge in [-0.1, -0.05) is 53.7 Å². The number of carbonyl (C=O) groups is 1. The quantitative estimate of drug-likeness (QED) is 0.325. The first kappa shape index (κ1) is 23.7. The van der Waals surface area contributed by atoms with Gasteiger partial charge in [0.1, 0.15) is 5.75 Å². The van der Waals surface area contributed by atoms with Crippen molar-refractivity contribution in [3.05, 3.63) is 80.7 Å². The molecular weight excluding hydrogens is 460 g/mol. The number of carbonyl (C=O) groups excluding carboxylic acids is 1. The van der Waals surface area contributed by atoms with Crippen LogP contribution in [-0.4, -0.2) is 22.5 Å². The number of nitrogens with zero attached hydrogens (tertiary/aromatic N) is 1. The summed E-state index contributed by atoms with van der Waals surface area (Å²) in [5.41, 5.74) is 2.17. The summed E-state index contributed by atoms with van der Waals surface area (Å²) in [4.78, 5) is 31.9. The van der Waals surface area contributed by atoms with Crippen LogP contribution in [0.15, 0.2) is 58.5 Å². The summed E-state index contributed by atoms with van der Waals surface area (Å²) in [6.45, 7) is -1.26. The van der Waals surface area contributed by atoms with E-state index in [4.69, 9.17) is 11.6 Å². The summed E-state index contributed by atoms with van der Waals surface area (Å²) in [7, 11) is 0. The maximum Gasteiger partial charge on any atom is 0.387 e. The molecule has 0 aliphatic carbocycles. The third-order valence-electron chi connectivity index (χ3n) is 4.45. The molecule has 2 N–H and O–H groups in total. The van der Waals surface area contributed by atoms with Gasteiger partial charge in [0.15, 0.2) is 5.16 Å². The first-order valence-electron chi connectivity index (χ1n) is 9.62. The number of thioether (sulfide) groups is 1. The van der Waals surface area contributed by atoms with Gasteiger partial charge >= 0.3 is 6.61 Å². The highest BCUT2D eigenvalue weighted by Crippen LogP contribution is 2.29.